The first-order valence-electron chi connectivity index (χ1n) is 10.4. The van der Waals surface area contributed by atoms with Crippen LogP contribution in [0.15, 0.2) is 79.0 Å². The molecule has 0 unspecified atom stereocenters. The second-order valence-corrected chi connectivity index (χ2v) is 7.62. The highest BCUT2D eigenvalue weighted by Crippen LogP contribution is 2.30. The first kappa shape index (κ1) is 22.5. The molecule has 0 saturated carbocycles. The molecule has 0 aliphatic carbocycles. The molecule has 3 aromatic carbocycles. The number of hydrogen-bond acceptors (Lipinski definition) is 6. The highest BCUT2D eigenvalue weighted by molar-refractivity contribution is 6.03. The Balaban J connectivity index is 1.47. The Morgan fingerprint density at radius 1 is 1.03 bits per heavy atom. The van der Waals surface area contributed by atoms with Gasteiger partial charge >= 0.3 is 0 Å². The van der Waals surface area contributed by atoms with Crippen LogP contribution in [0.4, 0.5) is 11.4 Å². The Bertz CT molecular complexity index is 1350. The van der Waals surface area contributed by atoms with Crippen molar-refractivity contribution in [3.8, 4) is 17.2 Å². The fourth-order valence-electron chi connectivity index (χ4n) is 3.24. The van der Waals surface area contributed by atoms with Gasteiger partial charge in [-0.05, 0) is 49.2 Å². The Morgan fingerprint density at radius 2 is 1.85 bits per heavy atom. The average Bonchev–Trinajstić information content (AvgIpc) is 3.28. The number of para-hydroxylation sites is 1. The zero-order valence-electron chi connectivity index (χ0n) is 18.6. The molecular formula is C25H22N4O5. The smallest absolute Gasteiger partial charge is 0.276 e. The number of hydrogen-bond donors (Lipinski definition) is 1. The molecule has 0 radical (unpaired) electrons. The Hall–Kier alpha value is -4.66. The second kappa shape index (κ2) is 9.86. The van der Waals surface area contributed by atoms with Crippen molar-refractivity contribution in [2.75, 3.05) is 5.32 Å². The summed E-state index contributed by atoms with van der Waals surface area (Å²) in [5.74, 6) is 0.968. The molecule has 9 nitrogen and oxygen atoms in total. The first-order valence-corrected chi connectivity index (χ1v) is 10.4. The number of nitrogens with one attached hydrogen (secondary N) is 1. The minimum Gasteiger partial charge on any atom is -0.471 e. The summed E-state index contributed by atoms with van der Waals surface area (Å²) in [6.07, 6.45) is 1.62. The van der Waals surface area contributed by atoms with Gasteiger partial charge in [0.2, 0.25) is 0 Å². The molecule has 4 aromatic rings. The van der Waals surface area contributed by atoms with Crippen LogP contribution in [-0.2, 0) is 6.73 Å². The summed E-state index contributed by atoms with van der Waals surface area (Å²) >= 11 is 0. The molecule has 0 bridgehead atoms. The Labute approximate surface area is 195 Å². The van der Waals surface area contributed by atoms with Gasteiger partial charge in [-0.3, -0.25) is 14.9 Å². The lowest BCUT2D eigenvalue weighted by Gasteiger charge is -2.10. The van der Waals surface area contributed by atoms with Gasteiger partial charge < -0.3 is 14.8 Å². The molecule has 172 valence electrons. The van der Waals surface area contributed by atoms with E-state index in [4.69, 9.17) is 9.47 Å². The van der Waals surface area contributed by atoms with Gasteiger partial charge in [0.25, 0.3) is 11.6 Å². The predicted molar refractivity (Wildman–Crippen MR) is 126 cm³/mol. The van der Waals surface area contributed by atoms with Gasteiger partial charge in [-0.15, -0.1) is 0 Å². The van der Waals surface area contributed by atoms with Crippen LogP contribution in [0, 0.1) is 24.0 Å². The van der Waals surface area contributed by atoms with Gasteiger partial charge in [-0.25, -0.2) is 4.68 Å². The highest BCUT2D eigenvalue weighted by atomic mass is 16.6. The van der Waals surface area contributed by atoms with Crippen LogP contribution in [0.3, 0.4) is 0 Å². The van der Waals surface area contributed by atoms with Crippen LogP contribution in [0.5, 0.6) is 17.2 Å². The van der Waals surface area contributed by atoms with Gasteiger partial charge in [0.15, 0.2) is 12.4 Å². The van der Waals surface area contributed by atoms with Gasteiger partial charge in [0.1, 0.15) is 17.2 Å². The van der Waals surface area contributed by atoms with Crippen LogP contribution in [0.1, 0.15) is 21.6 Å². The van der Waals surface area contributed by atoms with Crippen molar-refractivity contribution in [3.63, 3.8) is 0 Å². The van der Waals surface area contributed by atoms with Crippen molar-refractivity contribution < 1.29 is 19.2 Å². The maximum absolute atomic E-state index is 12.7. The number of amides is 1. The summed E-state index contributed by atoms with van der Waals surface area (Å²) in [5.41, 5.74) is 2.12. The number of aryl methyl sites for hydroxylation is 2. The van der Waals surface area contributed by atoms with Crippen molar-refractivity contribution in [3.05, 3.63) is 106 Å². The van der Waals surface area contributed by atoms with Gasteiger partial charge in [0, 0.05) is 18.3 Å². The van der Waals surface area contributed by atoms with E-state index in [1.165, 1.54) is 28.9 Å². The maximum atomic E-state index is 12.7. The molecular weight excluding hydrogens is 436 g/mol. The van der Waals surface area contributed by atoms with Gasteiger partial charge in [0.05, 0.1) is 16.7 Å². The van der Waals surface area contributed by atoms with Crippen molar-refractivity contribution in [2.45, 2.75) is 20.6 Å². The van der Waals surface area contributed by atoms with Crippen LogP contribution in [0.2, 0.25) is 0 Å². The fourth-order valence-corrected chi connectivity index (χ4v) is 3.24. The third-order valence-electron chi connectivity index (χ3n) is 4.90. The number of nitro groups is 1. The normalized spacial score (nSPS) is 10.5. The quantitative estimate of drug-likeness (QED) is 0.276. The Morgan fingerprint density at radius 3 is 2.62 bits per heavy atom. The molecule has 0 aliphatic rings. The largest absolute Gasteiger partial charge is 0.471 e. The number of carbonyl (C=O) groups is 1. The van der Waals surface area contributed by atoms with E-state index >= 15 is 0 Å². The van der Waals surface area contributed by atoms with Crippen LogP contribution >= 0.6 is 0 Å². The predicted octanol–water partition coefficient (Wildman–Crippen LogP) is 5.49. The molecule has 0 atom stereocenters. The standard InChI is InChI=1S/C25H22N4O5/c1-17-6-5-8-21(12-17)34-22-14-19(13-20(15-22)29(31)32)26-25(30)23-10-11-28(27-23)16-33-24-9-4-3-7-18(24)2/h3-15H,16H2,1-2H3,(H,26,30). The minimum absolute atomic E-state index is 0.128. The molecule has 1 N–H and O–H groups in total. The molecule has 1 heterocycles. The molecule has 1 amide bonds. The van der Waals surface area contributed by atoms with Gasteiger partial charge in [-0.1, -0.05) is 30.3 Å². The molecule has 0 spiro atoms. The number of benzene rings is 3. The van der Waals surface area contributed by atoms with Gasteiger partial charge in [-0.2, -0.15) is 5.10 Å². The lowest BCUT2D eigenvalue weighted by Crippen LogP contribution is -2.14. The molecule has 4 rings (SSSR count). The van der Waals surface area contributed by atoms with E-state index in [2.05, 4.69) is 10.4 Å². The number of nitro benzene ring substituents is 1. The SMILES string of the molecule is Cc1cccc(Oc2cc(NC(=O)c3ccn(COc4ccccc4C)n3)cc([N+](=O)[O-])c2)c1. The third-order valence-corrected chi connectivity index (χ3v) is 4.90. The number of anilines is 1. The molecule has 0 fully saturated rings. The number of nitrogens with zero attached hydrogens (tertiary/aromatic N) is 3. The minimum atomic E-state index is -0.545. The van der Waals surface area contributed by atoms with E-state index in [1.807, 2.05) is 56.3 Å². The van der Waals surface area contributed by atoms with E-state index < -0.39 is 10.8 Å². The first-order chi connectivity index (χ1) is 16.4. The lowest BCUT2D eigenvalue weighted by atomic mass is 10.2. The zero-order valence-corrected chi connectivity index (χ0v) is 18.6. The Kier molecular flexibility index (Phi) is 6.54. The van der Waals surface area contributed by atoms with Crippen LogP contribution in [-0.4, -0.2) is 20.6 Å². The summed E-state index contributed by atoms with van der Waals surface area (Å²) in [7, 11) is 0. The van der Waals surface area contributed by atoms with E-state index in [0.717, 1.165) is 16.9 Å². The molecule has 34 heavy (non-hydrogen) atoms. The molecule has 9 heteroatoms. The van der Waals surface area contributed by atoms with Crippen LogP contribution < -0.4 is 14.8 Å². The monoisotopic (exact) mass is 458 g/mol. The lowest BCUT2D eigenvalue weighted by molar-refractivity contribution is -0.384. The van der Waals surface area contributed by atoms with Crippen molar-refractivity contribution in [1.82, 2.24) is 9.78 Å². The molecule has 1 aromatic heterocycles. The van der Waals surface area contributed by atoms with Crippen molar-refractivity contribution in [2.24, 2.45) is 0 Å². The molecule has 0 saturated heterocycles. The number of aromatic nitrogens is 2. The summed E-state index contributed by atoms with van der Waals surface area (Å²) < 4.78 is 13.0. The summed E-state index contributed by atoms with van der Waals surface area (Å²) in [5, 5.41) is 18.3. The summed E-state index contributed by atoms with van der Waals surface area (Å²) in [6.45, 7) is 3.98. The maximum Gasteiger partial charge on any atom is 0.276 e. The van der Waals surface area contributed by atoms with Crippen molar-refractivity contribution >= 4 is 17.3 Å². The number of ether oxygens (including phenoxy) is 2. The summed E-state index contributed by atoms with van der Waals surface area (Å²) in [6, 6.07) is 20.5. The van der Waals surface area contributed by atoms with E-state index in [9.17, 15) is 14.9 Å². The number of non-ortho nitro benzene ring substituents is 1. The van der Waals surface area contributed by atoms with E-state index in [1.54, 1.807) is 12.3 Å². The van der Waals surface area contributed by atoms with Crippen LogP contribution in [0.25, 0.3) is 0 Å². The average molecular weight is 458 g/mol. The second-order valence-electron chi connectivity index (χ2n) is 7.62. The van der Waals surface area contributed by atoms with E-state index in [-0.39, 0.29) is 29.5 Å². The molecule has 0 aliphatic heterocycles. The number of carbonyl (C=O) groups excluding carboxylic acids is 1. The highest BCUT2D eigenvalue weighted by Gasteiger charge is 2.16. The summed E-state index contributed by atoms with van der Waals surface area (Å²) in [4.78, 5) is 23.6. The zero-order chi connectivity index (χ0) is 24.1. The number of rotatable bonds is 8. The van der Waals surface area contributed by atoms with E-state index in [0.29, 0.717) is 5.75 Å². The third kappa shape index (κ3) is 5.57. The van der Waals surface area contributed by atoms with Crippen molar-refractivity contribution in [1.29, 1.82) is 0 Å². The fraction of sp³-hybridized carbons (Fsp3) is 0.120. The topological polar surface area (TPSA) is 109 Å².